The Morgan fingerprint density at radius 3 is 2.53 bits per heavy atom. The van der Waals surface area contributed by atoms with Crippen LogP contribution < -0.4 is 15.3 Å². The molecule has 0 aliphatic rings. The summed E-state index contributed by atoms with van der Waals surface area (Å²) < 4.78 is 14.4. The summed E-state index contributed by atoms with van der Waals surface area (Å²) in [5, 5.41) is 2.90. The third-order valence-electron chi connectivity index (χ3n) is 2.84. The Morgan fingerprint density at radius 2 is 2.11 bits per heavy atom. The fraction of sp³-hybridized carbons (Fsp3) is 0.538. The monoisotopic (exact) mass is 301 g/mol. The highest BCUT2D eigenvalue weighted by Gasteiger charge is 2.28. The fourth-order valence-corrected chi connectivity index (χ4v) is 4.46. The lowest BCUT2D eigenvalue weighted by atomic mass is 10.2. The summed E-state index contributed by atoms with van der Waals surface area (Å²) in [6.45, 7) is 8.53. The molecule has 1 rings (SSSR count). The Labute approximate surface area is 120 Å². The number of benzene rings is 1. The first kappa shape index (κ1) is 16.6. The smallest absolute Gasteiger partial charge is 0.297 e. The number of nitrogens with zero attached hydrogens (tertiary/aromatic N) is 1. The van der Waals surface area contributed by atoms with Crippen molar-refractivity contribution in [3.8, 4) is 0 Å². The third kappa shape index (κ3) is 3.99. The molecule has 0 spiro atoms. The van der Waals surface area contributed by atoms with Gasteiger partial charge in [-0.25, -0.2) is 5.09 Å². The van der Waals surface area contributed by atoms with Crippen LogP contribution in [0.15, 0.2) is 23.1 Å². The van der Waals surface area contributed by atoms with Gasteiger partial charge >= 0.3 is 7.59 Å². The molecule has 0 amide bonds. The van der Waals surface area contributed by atoms with Gasteiger partial charge in [0.1, 0.15) is 0 Å². The van der Waals surface area contributed by atoms with Crippen molar-refractivity contribution in [2.45, 2.75) is 38.6 Å². The lowest BCUT2D eigenvalue weighted by molar-refractivity contribution is 0.557. The first-order chi connectivity index (χ1) is 8.83. The summed E-state index contributed by atoms with van der Waals surface area (Å²) in [5.74, 6) is 0. The molecule has 0 bridgehead atoms. The lowest BCUT2D eigenvalue weighted by Crippen LogP contribution is -2.37. The number of thioether (sulfide) groups is 1. The Balaban J connectivity index is 3.20. The van der Waals surface area contributed by atoms with Crippen molar-refractivity contribution >= 4 is 25.0 Å². The second-order valence-corrected chi connectivity index (χ2v) is 7.57. The molecule has 4 nitrogen and oxygen atoms in total. The highest BCUT2D eigenvalue weighted by molar-refractivity contribution is 7.98. The SMILES string of the molecule is CCNP(N)(=O)N(c1ccc(SC)c(C)c1)C(C)C. The van der Waals surface area contributed by atoms with E-state index in [9.17, 15) is 4.57 Å². The van der Waals surface area contributed by atoms with Crippen LogP contribution in [0.2, 0.25) is 0 Å². The van der Waals surface area contributed by atoms with Gasteiger partial charge in [0.25, 0.3) is 0 Å². The van der Waals surface area contributed by atoms with Crippen molar-refractivity contribution in [2.24, 2.45) is 5.50 Å². The third-order valence-corrected chi connectivity index (χ3v) is 5.84. The molecule has 0 aliphatic heterocycles. The van der Waals surface area contributed by atoms with E-state index < -0.39 is 7.59 Å². The zero-order valence-electron chi connectivity index (χ0n) is 12.3. The number of aryl methyl sites for hydroxylation is 1. The van der Waals surface area contributed by atoms with Crippen molar-refractivity contribution in [1.29, 1.82) is 0 Å². The standard InChI is InChI=1S/C13H24N3OPS/c1-6-15-18(14,17)16(10(2)3)12-7-8-13(19-5)11(4)9-12/h7-10H,6H2,1-5H3,(H3,14,15,17). The van der Waals surface area contributed by atoms with Gasteiger partial charge in [-0.2, -0.15) is 0 Å². The van der Waals surface area contributed by atoms with Gasteiger partial charge in [0, 0.05) is 23.2 Å². The maximum absolute atomic E-state index is 12.6. The van der Waals surface area contributed by atoms with Crippen LogP contribution in [0, 0.1) is 6.92 Å². The molecule has 1 atom stereocenters. The minimum atomic E-state index is -3.05. The molecular formula is C13H24N3OPS. The van der Waals surface area contributed by atoms with E-state index in [2.05, 4.69) is 24.3 Å². The molecule has 0 aliphatic carbocycles. The summed E-state index contributed by atoms with van der Waals surface area (Å²) in [6.07, 6.45) is 2.05. The molecule has 0 saturated heterocycles. The number of nitrogens with two attached hydrogens (primary N) is 1. The van der Waals surface area contributed by atoms with Crippen LogP contribution in [0.5, 0.6) is 0 Å². The minimum Gasteiger partial charge on any atom is -0.297 e. The van der Waals surface area contributed by atoms with E-state index in [1.807, 2.05) is 32.9 Å². The van der Waals surface area contributed by atoms with E-state index in [-0.39, 0.29) is 6.04 Å². The molecule has 0 fully saturated rings. The predicted molar refractivity (Wildman–Crippen MR) is 86.0 cm³/mol. The van der Waals surface area contributed by atoms with Crippen LogP contribution in [0.4, 0.5) is 5.69 Å². The van der Waals surface area contributed by atoms with Gasteiger partial charge in [0.2, 0.25) is 0 Å². The van der Waals surface area contributed by atoms with E-state index in [1.165, 1.54) is 10.5 Å². The lowest BCUT2D eigenvalue weighted by Gasteiger charge is -2.34. The molecule has 3 N–H and O–H groups in total. The number of anilines is 1. The molecule has 1 aromatic carbocycles. The average Bonchev–Trinajstić information content (AvgIpc) is 2.28. The number of hydrogen-bond donors (Lipinski definition) is 2. The van der Waals surface area contributed by atoms with Gasteiger partial charge < -0.3 is 0 Å². The molecule has 0 saturated carbocycles. The van der Waals surface area contributed by atoms with E-state index in [0.29, 0.717) is 6.54 Å². The second-order valence-electron chi connectivity index (χ2n) is 4.73. The van der Waals surface area contributed by atoms with Crippen LogP contribution in [0.3, 0.4) is 0 Å². The quantitative estimate of drug-likeness (QED) is 0.621. The molecule has 1 unspecified atom stereocenters. The number of nitrogens with one attached hydrogen (secondary N) is 1. The van der Waals surface area contributed by atoms with E-state index >= 15 is 0 Å². The number of hydrogen-bond acceptors (Lipinski definition) is 2. The molecular weight excluding hydrogens is 277 g/mol. The zero-order chi connectivity index (χ0) is 14.6. The van der Waals surface area contributed by atoms with Gasteiger partial charge in [0.15, 0.2) is 0 Å². The topological polar surface area (TPSA) is 58.4 Å². The summed E-state index contributed by atoms with van der Waals surface area (Å²) in [5.41, 5.74) is 8.06. The fourth-order valence-electron chi connectivity index (χ4n) is 2.12. The van der Waals surface area contributed by atoms with Crippen molar-refractivity contribution < 1.29 is 4.57 Å². The first-order valence-corrected chi connectivity index (χ1v) is 9.37. The Kier molecular flexibility index (Phi) is 5.93. The summed E-state index contributed by atoms with van der Waals surface area (Å²) in [6, 6.07) is 6.14. The highest BCUT2D eigenvalue weighted by atomic mass is 32.2. The van der Waals surface area contributed by atoms with Crippen LogP contribution in [-0.4, -0.2) is 18.8 Å². The average molecular weight is 301 g/mol. The largest absolute Gasteiger partial charge is 0.303 e. The Hall–Kier alpha value is -0.480. The highest BCUT2D eigenvalue weighted by Crippen LogP contribution is 2.43. The van der Waals surface area contributed by atoms with Gasteiger partial charge in [-0.15, -0.1) is 11.8 Å². The normalized spacial score (nSPS) is 14.5. The van der Waals surface area contributed by atoms with Gasteiger partial charge in [-0.1, -0.05) is 6.92 Å². The van der Waals surface area contributed by atoms with Crippen molar-refractivity contribution in [3.63, 3.8) is 0 Å². The molecule has 1 aromatic rings. The molecule has 19 heavy (non-hydrogen) atoms. The Bertz CT molecular complexity index is 479. The molecule has 0 heterocycles. The van der Waals surface area contributed by atoms with Crippen molar-refractivity contribution in [1.82, 2.24) is 5.09 Å². The van der Waals surface area contributed by atoms with Gasteiger partial charge in [-0.05, 0) is 50.8 Å². The van der Waals surface area contributed by atoms with Crippen LogP contribution in [0.25, 0.3) is 0 Å². The maximum Gasteiger partial charge on any atom is 0.303 e. The molecule has 0 radical (unpaired) electrons. The van der Waals surface area contributed by atoms with Crippen LogP contribution in [0.1, 0.15) is 26.3 Å². The van der Waals surface area contributed by atoms with Gasteiger partial charge in [0.05, 0.1) is 0 Å². The van der Waals surface area contributed by atoms with Crippen LogP contribution in [-0.2, 0) is 4.57 Å². The summed E-state index contributed by atoms with van der Waals surface area (Å²) in [4.78, 5) is 1.22. The maximum atomic E-state index is 12.6. The molecule has 0 aromatic heterocycles. The van der Waals surface area contributed by atoms with Crippen LogP contribution >= 0.6 is 19.4 Å². The Morgan fingerprint density at radius 1 is 1.47 bits per heavy atom. The van der Waals surface area contributed by atoms with E-state index in [1.54, 1.807) is 16.4 Å². The molecule has 108 valence electrons. The summed E-state index contributed by atoms with van der Waals surface area (Å²) in [7, 11) is -3.05. The predicted octanol–water partition coefficient (Wildman–Crippen LogP) is 3.61. The van der Waals surface area contributed by atoms with Gasteiger partial charge in [-0.3, -0.25) is 14.7 Å². The summed E-state index contributed by atoms with van der Waals surface area (Å²) >= 11 is 1.71. The zero-order valence-corrected chi connectivity index (χ0v) is 14.0. The number of rotatable bonds is 6. The van der Waals surface area contributed by atoms with Crippen molar-refractivity contribution in [2.75, 3.05) is 17.5 Å². The van der Waals surface area contributed by atoms with E-state index in [0.717, 1.165) is 5.69 Å². The first-order valence-electron chi connectivity index (χ1n) is 6.41. The van der Waals surface area contributed by atoms with E-state index in [4.69, 9.17) is 5.50 Å². The molecule has 6 heteroatoms. The second kappa shape index (κ2) is 6.80. The minimum absolute atomic E-state index is 0.0643. The van der Waals surface area contributed by atoms with Crippen molar-refractivity contribution in [3.05, 3.63) is 23.8 Å².